The fraction of sp³-hybridized carbons (Fsp3) is 0.355. The first-order valence-electron chi connectivity index (χ1n) is 14.2. The third-order valence-corrected chi connectivity index (χ3v) is 7.58. The number of piperazine rings is 1. The Hall–Kier alpha value is -4.35. The Morgan fingerprint density at radius 1 is 1.05 bits per heavy atom. The summed E-state index contributed by atoms with van der Waals surface area (Å²) in [7, 11) is 0. The number of carbonyl (C=O) groups excluding carboxylic acids is 1. The minimum absolute atomic E-state index is 0. The molecular formula is C31H36ClN9O2. The van der Waals surface area contributed by atoms with Gasteiger partial charge >= 0.3 is 11.8 Å². The Kier molecular flexibility index (Phi) is 8.48. The van der Waals surface area contributed by atoms with E-state index in [1.807, 2.05) is 63.7 Å². The highest BCUT2D eigenvalue weighted by molar-refractivity contribution is 5.90. The summed E-state index contributed by atoms with van der Waals surface area (Å²) < 4.78 is 7.06. The Morgan fingerprint density at radius 3 is 2.49 bits per heavy atom. The number of nitrogens with zero attached hydrogens (tertiary/aromatic N) is 7. The van der Waals surface area contributed by atoms with E-state index in [0.717, 1.165) is 71.0 Å². The van der Waals surface area contributed by atoms with E-state index in [4.69, 9.17) is 9.51 Å². The number of anilines is 1. The Labute approximate surface area is 256 Å². The van der Waals surface area contributed by atoms with Gasteiger partial charge in [0.15, 0.2) is 5.82 Å². The SMILES string of the molecule is Cc1cc(-c2ncnn3cc(-c4ccc(N5CCNCC5)nc4)cc23)ccc1[C@@H](C)NC(=O)c1nc(C(C)(C)C)no1.Cl. The van der Waals surface area contributed by atoms with E-state index in [0.29, 0.717) is 5.82 Å². The van der Waals surface area contributed by atoms with Crippen molar-refractivity contribution in [3.63, 3.8) is 0 Å². The molecule has 0 aliphatic carbocycles. The molecule has 1 fully saturated rings. The second-order valence-corrected chi connectivity index (χ2v) is 11.7. The first-order chi connectivity index (χ1) is 20.2. The van der Waals surface area contributed by atoms with Gasteiger partial charge in [0.25, 0.3) is 0 Å². The van der Waals surface area contributed by atoms with Gasteiger partial charge in [-0.2, -0.15) is 10.1 Å². The predicted molar refractivity (Wildman–Crippen MR) is 168 cm³/mol. The van der Waals surface area contributed by atoms with Gasteiger partial charge in [0.1, 0.15) is 12.1 Å². The van der Waals surface area contributed by atoms with Gasteiger partial charge in [-0.1, -0.05) is 38.1 Å². The molecule has 43 heavy (non-hydrogen) atoms. The molecule has 0 unspecified atom stereocenters. The lowest BCUT2D eigenvalue weighted by atomic mass is 9.96. The van der Waals surface area contributed by atoms with Crippen molar-refractivity contribution in [1.29, 1.82) is 0 Å². The Bertz CT molecular complexity index is 1730. The van der Waals surface area contributed by atoms with Gasteiger partial charge in [0, 0.05) is 60.7 Å². The molecule has 1 aliphatic rings. The number of halogens is 1. The molecule has 0 saturated carbocycles. The van der Waals surface area contributed by atoms with Crippen molar-refractivity contribution in [2.24, 2.45) is 0 Å². The number of amides is 1. The van der Waals surface area contributed by atoms with Crippen LogP contribution < -0.4 is 15.5 Å². The molecule has 0 bridgehead atoms. The summed E-state index contributed by atoms with van der Waals surface area (Å²) in [6.45, 7) is 13.7. The minimum Gasteiger partial charge on any atom is -0.354 e. The molecule has 1 amide bonds. The third-order valence-electron chi connectivity index (χ3n) is 7.58. The van der Waals surface area contributed by atoms with Gasteiger partial charge in [-0.05, 0) is 49.2 Å². The summed E-state index contributed by atoms with van der Waals surface area (Å²) in [5, 5.41) is 14.8. The number of benzene rings is 1. The fourth-order valence-corrected chi connectivity index (χ4v) is 5.21. The number of hydrogen-bond donors (Lipinski definition) is 2. The van der Waals surface area contributed by atoms with Crippen molar-refractivity contribution < 1.29 is 9.32 Å². The van der Waals surface area contributed by atoms with E-state index in [9.17, 15) is 4.79 Å². The van der Waals surface area contributed by atoms with E-state index in [1.54, 1.807) is 6.33 Å². The van der Waals surface area contributed by atoms with Crippen molar-refractivity contribution in [1.82, 2.24) is 40.4 Å². The zero-order chi connectivity index (χ0) is 29.4. The van der Waals surface area contributed by atoms with E-state index >= 15 is 0 Å². The number of aromatic nitrogens is 6. The summed E-state index contributed by atoms with van der Waals surface area (Å²) in [5.74, 6) is 1.05. The number of aryl methyl sites for hydroxylation is 1. The molecule has 1 saturated heterocycles. The first kappa shape index (κ1) is 30.1. The highest BCUT2D eigenvalue weighted by atomic mass is 35.5. The summed E-state index contributed by atoms with van der Waals surface area (Å²) in [5.41, 5.74) is 6.45. The smallest absolute Gasteiger partial charge is 0.315 e. The molecule has 1 aliphatic heterocycles. The van der Waals surface area contributed by atoms with Gasteiger partial charge in [-0.3, -0.25) is 4.79 Å². The van der Waals surface area contributed by atoms with Crippen LogP contribution >= 0.6 is 12.4 Å². The molecule has 0 radical (unpaired) electrons. The first-order valence-corrected chi connectivity index (χ1v) is 14.2. The zero-order valence-electron chi connectivity index (χ0n) is 25.0. The van der Waals surface area contributed by atoms with Crippen LogP contribution in [0.2, 0.25) is 0 Å². The van der Waals surface area contributed by atoms with Crippen LogP contribution in [0.4, 0.5) is 5.82 Å². The molecule has 4 aromatic heterocycles. The van der Waals surface area contributed by atoms with Gasteiger partial charge in [-0.25, -0.2) is 14.5 Å². The number of pyridine rings is 1. The van der Waals surface area contributed by atoms with E-state index in [2.05, 4.69) is 60.0 Å². The van der Waals surface area contributed by atoms with Gasteiger partial charge < -0.3 is 20.1 Å². The molecule has 11 nitrogen and oxygen atoms in total. The van der Waals surface area contributed by atoms with Crippen molar-refractivity contribution in [2.75, 3.05) is 31.1 Å². The number of fused-ring (bicyclic) bond motifs is 1. The van der Waals surface area contributed by atoms with E-state index in [1.165, 1.54) is 0 Å². The average molecular weight is 602 g/mol. The van der Waals surface area contributed by atoms with Crippen molar-refractivity contribution in [3.8, 4) is 22.4 Å². The monoisotopic (exact) mass is 601 g/mol. The molecule has 2 N–H and O–H groups in total. The molecule has 6 rings (SSSR count). The summed E-state index contributed by atoms with van der Waals surface area (Å²) in [6.07, 6.45) is 5.50. The van der Waals surface area contributed by atoms with Gasteiger partial charge in [0.2, 0.25) is 0 Å². The van der Waals surface area contributed by atoms with Crippen LogP contribution in [0.25, 0.3) is 27.9 Å². The molecule has 224 valence electrons. The quantitative estimate of drug-likeness (QED) is 0.283. The van der Waals surface area contributed by atoms with E-state index in [-0.39, 0.29) is 29.8 Å². The van der Waals surface area contributed by atoms with Crippen molar-refractivity contribution in [2.45, 2.75) is 46.1 Å². The van der Waals surface area contributed by atoms with Gasteiger partial charge in [0.05, 0.1) is 17.3 Å². The number of rotatable bonds is 6. The second-order valence-electron chi connectivity index (χ2n) is 11.7. The summed E-state index contributed by atoms with van der Waals surface area (Å²) in [4.78, 5) is 28.7. The maximum Gasteiger partial charge on any atom is 0.315 e. The van der Waals surface area contributed by atoms with Crippen molar-refractivity contribution in [3.05, 3.63) is 78.0 Å². The molecule has 0 spiro atoms. The molecule has 5 aromatic rings. The largest absolute Gasteiger partial charge is 0.354 e. The Morgan fingerprint density at radius 2 is 1.81 bits per heavy atom. The highest BCUT2D eigenvalue weighted by Crippen LogP contribution is 2.30. The van der Waals surface area contributed by atoms with Crippen LogP contribution in [0.1, 0.15) is 61.4 Å². The second kappa shape index (κ2) is 12.1. The summed E-state index contributed by atoms with van der Waals surface area (Å²) >= 11 is 0. The predicted octanol–water partition coefficient (Wildman–Crippen LogP) is 4.77. The molecular weight excluding hydrogens is 566 g/mol. The Balaban J connectivity index is 0.00000368. The van der Waals surface area contributed by atoms with E-state index < -0.39 is 5.91 Å². The van der Waals surface area contributed by atoms with Gasteiger partial charge in [-0.15, -0.1) is 12.4 Å². The lowest BCUT2D eigenvalue weighted by molar-refractivity contribution is 0.0895. The molecule has 1 atom stereocenters. The van der Waals surface area contributed by atoms with Crippen LogP contribution in [-0.2, 0) is 5.41 Å². The summed E-state index contributed by atoms with van der Waals surface area (Å²) in [6, 6.07) is 12.1. The molecule has 5 heterocycles. The number of hydrogen-bond acceptors (Lipinski definition) is 9. The lowest BCUT2D eigenvalue weighted by Crippen LogP contribution is -2.43. The number of carbonyl (C=O) groups is 1. The van der Waals surface area contributed by atoms with Crippen molar-refractivity contribution >= 4 is 29.6 Å². The zero-order valence-corrected chi connectivity index (χ0v) is 25.8. The third kappa shape index (κ3) is 6.23. The van der Waals surface area contributed by atoms with Crippen LogP contribution in [0.3, 0.4) is 0 Å². The van der Waals surface area contributed by atoms with Crippen LogP contribution in [0, 0.1) is 6.92 Å². The fourth-order valence-electron chi connectivity index (χ4n) is 5.21. The van der Waals surface area contributed by atoms with Crippen LogP contribution in [0.5, 0.6) is 0 Å². The maximum atomic E-state index is 12.8. The number of nitrogens with one attached hydrogen (secondary N) is 2. The highest BCUT2D eigenvalue weighted by Gasteiger charge is 2.25. The maximum absolute atomic E-state index is 12.8. The molecule has 1 aromatic carbocycles. The van der Waals surface area contributed by atoms with Crippen LogP contribution in [-0.4, -0.2) is 61.8 Å². The van der Waals surface area contributed by atoms with Crippen LogP contribution in [0.15, 0.2) is 59.6 Å². The minimum atomic E-state index is -0.400. The molecule has 12 heteroatoms. The lowest BCUT2D eigenvalue weighted by Gasteiger charge is -2.28. The average Bonchev–Trinajstić information content (AvgIpc) is 3.66. The standard InChI is InChI=1S/C31H35N9O2.ClH/c1-19-14-21(6-8-24(19)20(2)36-28(41)29-37-30(38-42-29)31(3,4)5)27-25-15-23(17-40(25)35-18-34-27)22-7-9-26(33-16-22)39-12-10-32-11-13-39;/h6-9,14-18,20,32H,10-13H2,1-5H3,(H,36,41);1H/t20-;/m1./s1. The normalized spacial score (nSPS) is 14.4. The topological polar surface area (TPSA) is 126 Å².